The SMILES string of the molecule is CCC(C)CN(C)CC1CCC(N)C(C)C1(C)C. The zero-order valence-electron chi connectivity index (χ0n) is 13.4. The molecule has 0 amide bonds. The van der Waals surface area contributed by atoms with Crippen LogP contribution in [-0.2, 0) is 0 Å². The van der Waals surface area contributed by atoms with Gasteiger partial charge in [-0.1, -0.05) is 41.0 Å². The van der Waals surface area contributed by atoms with Crippen molar-refractivity contribution in [2.75, 3.05) is 20.1 Å². The minimum absolute atomic E-state index is 0.376. The lowest BCUT2D eigenvalue weighted by atomic mass is 9.61. The van der Waals surface area contributed by atoms with E-state index in [0.717, 1.165) is 11.8 Å². The van der Waals surface area contributed by atoms with Gasteiger partial charge in [0, 0.05) is 19.1 Å². The van der Waals surface area contributed by atoms with Crippen molar-refractivity contribution in [1.82, 2.24) is 4.90 Å². The van der Waals surface area contributed by atoms with Crippen molar-refractivity contribution in [3.63, 3.8) is 0 Å². The Balaban J connectivity index is 2.56. The zero-order chi connectivity index (χ0) is 13.9. The van der Waals surface area contributed by atoms with Gasteiger partial charge >= 0.3 is 0 Å². The molecule has 1 aliphatic carbocycles. The Hall–Kier alpha value is -0.0800. The highest BCUT2D eigenvalue weighted by Crippen LogP contribution is 2.44. The summed E-state index contributed by atoms with van der Waals surface area (Å²) in [5, 5.41) is 0. The highest BCUT2D eigenvalue weighted by molar-refractivity contribution is 4.94. The van der Waals surface area contributed by atoms with Crippen LogP contribution in [0.1, 0.15) is 53.9 Å². The summed E-state index contributed by atoms with van der Waals surface area (Å²) in [4.78, 5) is 2.53. The van der Waals surface area contributed by atoms with E-state index >= 15 is 0 Å². The van der Waals surface area contributed by atoms with Crippen molar-refractivity contribution in [2.24, 2.45) is 28.9 Å². The minimum Gasteiger partial charge on any atom is -0.327 e. The van der Waals surface area contributed by atoms with E-state index < -0.39 is 0 Å². The van der Waals surface area contributed by atoms with Crippen molar-refractivity contribution in [3.05, 3.63) is 0 Å². The maximum atomic E-state index is 6.24. The second-order valence-corrected chi connectivity index (χ2v) is 7.28. The van der Waals surface area contributed by atoms with Crippen molar-refractivity contribution in [3.8, 4) is 0 Å². The molecule has 4 unspecified atom stereocenters. The molecule has 1 fully saturated rings. The third kappa shape index (κ3) is 3.71. The Morgan fingerprint density at radius 1 is 1.33 bits per heavy atom. The van der Waals surface area contributed by atoms with Gasteiger partial charge in [0.2, 0.25) is 0 Å². The summed E-state index contributed by atoms with van der Waals surface area (Å²) < 4.78 is 0. The fourth-order valence-corrected chi connectivity index (χ4v) is 3.38. The summed E-state index contributed by atoms with van der Waals surface area (Å²) >= 11 is 0. The third-order valence-corrected chi connectivity index (χ3v) is 5.57. The molecule has 1 rings (SSSR count). The Labute approximate surface area is 114 Å². The summed E-state index contributed by atoms with van der Waals surface area (Å²) in [6, 6.07) is 0.399. The van der Waals surface area contributed by atoms with Gasteiger partial charge in [0.1, 0.15) is 0 Å². The van der Waals surface area contributed by atoms with Crippen LogP contribution in [0.2, 0.25) is 0 Å². The van der Waals surface area contributed by atoms with Crippen LogP contribution < -0.4 is 5.73 Å². The average Bonchev–Trinajstić information content (AvgIpc) is 2.30. The van der Waals surface area contributed by atoms with Crippen molar-refractivity contribution >= 4 is 0 Å². The minimum atomic E-state index is 0.376. The topological polar surface area (TPSA) is 29.3 Å². The summed E-state index contributed by atoms with van der Waals surface area (Å²) in [6.45, 7) is 14.3. The monoisotopic (exact) mass is 254 g/mol. The van der Waals surface area contributed by atoms with Crippen LogP contribution in [0.15, 0.2) is 0 Å². The van der Waals surface area contributed by atoms with E-state index in [1.54, 1.807) is 0 Å². The number of hydrogen-bond donors (Lipinski definition) is 1. The second kappa shape index (κ2) is 6.38. The van der Waals surface area contributed by atoms with E-state index in [1.165, 1.54) is 32.4 Å². The zero-order valence-corrected chi connectivity index (χ0v) is 13.4. The molecule has 0 saturated heterocycles. The van der Waals surface area contributed by atoms with E-state index in [0.29, 0.717) is 17.4 Å². The first-order chi connectivity index (χ1) is 8.28. The third-order valence-electron chi connectivity index (χ3n) is 5.57. The number of rotatable bonds is 5. The van der Waals surface area contributed by atoms with Gasteiger partial charge in [-0.25, -0.2) is 0 Å². The maximum Gasteiger partial charge on any atom is 0.00698 e. The first-order valence-electron chi connectivity index (χ1n) is 7.73. The molecule has 1 saturated carbocycles. The number of hydrogen-bond acceptors (Lipinski definition) is 2. The van der Waals surface area contributed by atoms with Crippen LogP contribution in [0.3, 0.4) is 0 Å². The van der Waals surface area contributed by atoms with Gasteiger partial charge in [-0.05, 0) is 43.1 Å². The molecular formula is C16H34N2. The van der Waals surface area contributed by atoms with Crippen LogP contribution in [-0.4, -0.2) is 31.1 Å². The van der Waals surface area contributed by atoms with E-state index in [-0.39, 0.29) is 0 Å². The molecule has 108 valence electrons. The highest BCUT2D eigenvalue weighted by Gasteiger charge is 2.41. The molecule has 0 aliphatic heterocycles. The Morgan fingerprint density at radius 3 is 2.50 bits per heavy atom. The molecule has 1 aliphatic rings. The molecule has 0 bridgehead atoms. The standard InChI is InChI=1S/C16H34N2/c1-7-12(2)10-18(6)11-14-8-9-15(17)13(3)16(14,4)5/h12-15H,7-11,17H2,1-6H3. The molecule has 2 nitrogen and oxygen atoms in total. The average molecular weight is 254 g/mol. The summed E-state index contributed by atoms with van der Waals surface area (Å²) in [5.41, 5.74) is 6.61. The van der Waals surface area contributed by atoms with Gasteiger partial charge < -0.3 is 10.6 Å². The maximum absolute atomic E-state index is 6.24. The van der Waals surface area contributed by atoms with E-state index in [4.69, 9.17) is 5.73 Å². The first-order valence-corrected chi connectivity index (χ1v) is 7.73. The molecule has 0 heterocycles. The van der Waals surface area contributed by atoms with Crippen molar-refractivity contribution in [1.29, 1.82) is 0 Å². The number of nitrogens with two attached hydrogens (primary N) is 1. The first kappa shape index (κ1) is 16.0. The Morgan fingerprint density at radius 2 is 1.94 bits per heavy atom. The van der Waals surface area contributed by atoms with Gasteiger partial charge in [-0.2, -0.15) is 0 Å². The summed E-state index contributed by atoms with van der Waals surface area (Å²) in [6.07, 6.45) is 3.77. The van der Waals surface area contributed by atoms with Crippen LogP contribution in [0.5, 0.6) is 0 Å². The molecule has 4 atom stereocenters. The largest absolute Gasteiger partial charge is 0.327 e. The van der Waals surface area contributed by atoms with E-state index in [9.17, 15) is 0 Å². The van der Waals surface area contributed by atoms with E-state index in [2.05, 4.69) is 46.6 Å². The molecule has 2 N–H and O–H groups in total. The molecular weight excluding hydrogens is 220 g/mol. The smallest absolute Gasteiger partial charge is 0.00698 e. The van der Waals surface area contributed by atoms with Gasteiger partial charge in [-0.3, -0.25) is 0 Å². The lowest BCUT2D eigenvalue weighted by Crippen LogP contribution is -2.49. The van der Waals surface area contributed by atoms with Gasteiger partial charge in [0.25, 0.3) is 0 Å². The lowest BCUT2D eigenvalue weighted by Gasteiger charge is -2.48. The number of nitrogens with zero attached hydrogens (tertiary/aromatic N) is 1. The quantitative estimate of drug-likeness (QED) is 0.815. The van der Waals surface area contributed by atoms with Gasteiger partial charge in [0.15, 0.2) is 0 Å². The molecule has 2 heteroatoms. The van der Waals surface area contributed by atoms with Crippen LogP contribution in [0.25, 0.3) is 0 Å². The Kier molecular flexibility index (Phi) is 5.67. The lowest BCUT2D eigenvalue weighted by molar-refractivity contribution is 0.0314. The molecule has 0 radical (unpaired) electrons. The van der Waals surface area contributed by atoms with Crippen molar-refractivity contribution < 1.29 is 0 Å². The van der Waals surface area contributed by atoms with Crippen molar-refractivity contribution in [2.45, 2.75) is 59.9 Å². The molecule has 0 aromatic rings. The predicted molar refractivity (Wildman–Crippen MR) is 80.6 cm³/mol. The van der Waals surface area contributed by atoms with Crippen LogP contribution in [0, 0.1) is 23.2 Å². The predicted octanol–water partition coefficient (Wildman–Crippen LogP) is 3.36. The summed E-state index contributed by atoms with van der Waals surface area (Å²) in [5.74, 6) is 2.23. The van der Waals surface area contributed by atoms with Crippen LogP contribution in [0.4, 0.5) is 0 Å². The normalized spacial score (nSPS) is 33.7. The summed E-state index contributed by atoms with van der Waals surface area (Å²) in [7, 11) is 2.28. The molecule has 18 heavy (non-hydrogen) atoms. The fraction of sp³-hybridized carbons (Fsp3) is 1.00. The molecule has 0 aromatic carbocycles. The van der Waals surface area contributed by atoms with Gasteiger partial charge in [0.05, 0.1) is 0 Å². The van der Waals surface area contributed by atoms with E-state index in [1.807, 2.05) is 0 Å². The van der Waals surface area contributed by atoms with Gasteiger partial charge in [-0.15, -0.1) is 0 Å². The van der Waals surface area contributed by atoms with Crippen LogP contribution >= 0.6 is 0 Å². The highest BCUT2D eigenvalue weighted by atomic mass is 15.1. The Bertz CT molecular complexity index is 249. The second-order valence-electron chi connectivity index (χ2n) is 7.28. The fourth-order valence-electron chi connectivity index (χ4n) is 3.38. The molecule has 0 spiro atoms. The molecule has 0 aromatic heterocycles.